The number of amides is 1. The summed E-state index contributed by atoms with van der Waals surface area (Å²) in [5.74, 6) is 2.39. The zero-order chi connectivity index (χ0) is 29.6. The van der Waals surface area contributed by atoms with Crippen LogP contribution in [-0.2, 0) is 10.2 Å². The number of benzene rings is 1. The van der Waals surface area contributed by atoms with Crippen LogP contribution >= 0.6 is 0 Å². The third-order valence-corrected chi connectivity index (χ3v) is 10.9. The zero-order valence-electron chi connectivity index (χ0n) is 23.9. The molecule has 0 spiro atoms. The second-order valence-corrected chi connectivity index (χ2v) is 14.0. The van der Waals surface area contributed by atoms with E-state index in [0.717, 1.165) is 81.5 Å². The summed E-state index contributed by atoms with van der Waals surface area (Å²) in [4.78, 5) is 24.9. The maximum Gasteiger partial charge on any atom is 0.417 e. The van der Waals surface area contributed by atoms with Gasteiger partial charge in [0, 0.05) is 41.0 Å². The standard InChI is InChI=1S/C32H35F3N4O4/c33-32(34,35)31(41)15-22(16-31)27(40)39(23-3-1-2-21(14-23)24-17-36-26(42-24)20-6-7-20)18-29-8-11-30(12-9-29,13-10-29)28-37-25(38-43-28)19-4-5-19/h1-3,14,17,19-20,22,41H,4-13,15-16,18H2/t22-,29?,30?,31+. The minimum absolute atomic E-state index is 0.140. The first-order valence-electron chi connectivity index (χ1n) is 15.6. The highest BCUT2D eigenvalue weighted by molar-refractivity contribution is 5.96. The quantitative estimate of drug-likeness (QED) is 0.305. The first-order chi connectivity index (χ1) is 20.6. The number of fused-ring (bicyclic) bond motifs is 3. The van der Waals surface area contributed by atoms with Crippen LogP contribution in [0.4, 0.5) is 18.9 Å². The minimum atomic E-state index is -4.76. The van der Waals surface area contributed by atoms with Crippen molar-refractivity contribution in [1.82, 2.24) is 15.1 Å². The van der Waals surface area contributed by atoms with Crippen molar-refractivity contribution in [3.8, 4) is 11.3 Å². The number of aromatic nitrogens is 3. The van der Waals surface area contributed by atoms with E-state index in [1.807, 2.05) is 24.3 Å². The Morgan fingerprint density at radius 1 is 1.02 bits per heavy atom. The lowest BCUT2D eigenvalue weighted by atomic mass is 9.53. The maximum absolute atomic E-state index is 14.0. The van der Waals surface area contributed by atoms with Gasteiger partial charge in [-0.2, -0.15) is 18.2 Å². The molecule has 2 aromatic heterocycles. The van der Waals surface area contributed by atoms with Crippen LogP contribution in [-0.4, -0.2) is 44.5 Å². The maximum atomic E-state index is 14.0. The van der Waals surface area contributed by atoms with E-state index in [1.165, 1.54) is 0 Å². The van der Waals surface area contributed by atoms with Gasteiger partial charge in [0.1, 0.15) is 0 Å². The Balaban J connectivity index is 1.05. The van der Waals surface area contributed by atoms with Gasteiger partial charge in [-0.15, -0.1) is 0 Å². The normalized spacial score (nSPS) is 32.0. The van der Waals surface area contributed by atoms with E-state index in [4.69, 9.17) is 13.9 Å². The Labute approximate surface area is 247 Å². The SMILES string of the molecule is O=C([C@H]1C[C@](O)(C(F)(F)F)C1)N(CC12CCC(c3nc(C4CC4)no3)(CC1)CC2)c1cccc(-c2cnc(C3CC3)o2)c1. The largest absolute Gasteiger partial charge is 0.440 e. The number of nitrogens with zero attached hydrogens (tertiary/aromatic N) is 4. The molecule has 1 amide bonds. The third-order valence-electron chi connectivity index (χ3n) is 10.9. The van der Waals surface area contributed by atoms with Gasteiger partial charge < -0.3 is 18.9 Å². The zero-order valence-corrected chi connectivity index (χ0v) is 23.9. The Hall–Kier alpha value is -3.21. The van der Waals surface area contributed by atoms with Gasteiger partial charge in [-0.05, 0) is 94.6 Å². The molecule has 11 heteroatoms. The number of anilines is 1. The van der Waals surface area contributed by atoms with Crippen LogP contribution in [0.5, 0.6) is 0 Å². The van der Waals surface area contributed by atoms with E-state index >= 15 is 0 Å². The molecule has 2 heterocycles. The highest BCUT2D eigenvalue weighted by Gasteiger charge is 2.63. The van der Waals surface area contributed by atoms with Gasteiger partial charge in [-0.1, -0.05) is 17.3 Å². The van der Waals surface area contributed by atoms with Crippen LogP contribution in [0.3, 0.4) is 0 Å². The molecule has 2 bridgehead atoms. The Kier molecular flexibility index (Phi) is 5.97. The van der Waals surface area contributed by atoms with Gasteiger partial charge in [-0.25, -0.2) is 4.98 Å². The Morgan fingerprint density at radius 2 is 1.72 bits per heavy atom. The van der Waals surface area contributed by atoms with Crippen LogP contribution in [0.1, 0.15) is 106 Å². The van der Waals surface area contributed by atoms with Crippen molar-refractivity contribution in [2.45, 2.75) is 106 Å². The first kappa shape index (κ1) is 27.3. The van der Waals surface area contributed by atoms with E-state index in [2.05, 4.69) is 10.1 Å². The van der Waals surface area contributed by atoms with Crippen LogP contribution in [0.2, 0.25) is 0 Å². The van der Waals surface area contributed by atoms with Crippen LogP contribution in [0.15, 0.2) is 39.4 Å². The number of carbonyl (C=O) groups excluding carboxylic acids is 1. The summed E-state index contributed by atoms with van der Waals surface area (Å²) in [5.41, 5.74) is -1.72. The predicted octanol–water partition coefficient (Wildman–Crippen LogP) is 6.81. The molecule has 8 nitrogen and oxygen atoms in total. The van der Waals surface area contributed by atoms with Gasteiger partial charge in [0.25, 0.3) is 0 Å². The number of aliphatic hydroxyl groups is 1. The van der Waals surface area contributed by atoms with Crippen molar-refractivity contribution >= 4 is 11.6 Å². The lowest BCUT2D eigenvalue weighted by Crippen LogP contribution is -2.60. The topological polar surface area (TPSA) is 105 Å². The molecule has 1 aromatic carbocycles. The number of halogens is 3. The fourth-order valence-corrected chi connectivity index (χ4v) is 7.56. The Morgan fingerprint density at radius 3 is 2.37 bits per heavy atom. The lowest BCUT2D eigenvalue weighted by molar-refractivity contribution is -0.295. The molecule has 6 aliphatic rings. The molecule has 6 saturated carbocycles. The van der Waals surface area contributed by atoms with Gasteiger partial charge in [0.05, 0.1) is 6.20 Å². The average Bonchev–Trinajstić information content (AvgIpc) is 3.93. The third kappa shape index (κ3) is 4.69. The summed E-state index contributed by atoms with van der Waals surface area (Å²) in [6, 6.07) is 7.44. The van der Waals surface area contributed by atoms with E-state index in [9.17, 15) is 23.1 Å². The molecule has 0 atom stereocenters. The molecule has 6 fully saturated rings. The molecule has 228 valence electrons. The fourth-order valence-electron chi connectivity index (χ4n) is 7.56. The molecule has 9 rings (SSSR count). The van der Waals surface area contributed by atoms with E-state index in [0.29, 0.717) is 35.7 Å². The van der Waals surface area contributed by atoms with Crippen LogP contribution in [0.25, 0.3) is 11.3 Å². The number of alkyl halides is 3. The molecular formula is C32H35F3N4O4. The highest BCUT2D eigenvalue weighted by Crippen LogP contribution is 2.58. The van der Waals surface area contributed by atoms with Crippen molar-refractivity contribution in [3.05, 3.63) is 48.1 Å². The number of carbonyl (C=O) groups is 1. The molecule has 6 aliphatic carbocycles. The van der Waals surface area contributed by atoms with Gasteiger partial charge >= 0.3 is 6.18 Å². The van der Waals surface area contributed by atoms with Crippen LogP contribution in [0, 0.1) is 11.3 Å². The number of hydrogen-bond donors (Lipinski definition) is 1. The van der Waals surface area contributed by atoms with Gasteiger partial charge in [-0.3, -0.25) is 4.79 Å². The summed E-state index contributed by atoms with van der Waals surface area (Å²) in [5, 5.41) is 14.4. The van der Waals surface area contributed by atoms with E-state index in [1.54, 1.807) is 11.1 Å². The summed E-state index contributed by atoms with van der Waals surface area (Å²) in [6.07, 6.45) is 5.26. The van der Waals surface area contributed by atoms with E-state index in [-0.39, 0.29) is 16.7 Å². The molecule has 1 N–H and O–H groups in total. The monoisotopic (exact) mass is 596 g/mol. The second kappa shape index (κ2) is 9.39. The smallest absolute Gasteiger partial charge is 0.417 e. The van der Waals surface area contributed by atoms with Crippen LogP contribution < -0.4 is 4.90 Å². The summed E-state index contributed by atoms with van der Waals surface area (Å²) in [6.45, 7) is 0.410. The summed E-state index contributed by atoms with van der Waals surface area (Å²) in [7, 11) is 0. The number of oxazole rings is 1. The molecule has 43 heavy (non-hydrogen) atoms. The molecule has 0 saturated heterocycles. The average molecular weight is 597 g/mol. The minimum Gasteiger partial charge on any atom is -0.440 e. The van der Waals surface area contributed by atoms with E-state index < -0.39 is 30.5 Å². The number of hydrogen-bond acceptors (Lipinski definition) is 7. The summed E-state index contributed by atoms with van der Waals surface area (Å²) >= 11 is 0. The fraction of sp³-hybridized carbons (Fsp3) is 0.625. The molecule has 0 radical (unpaired) electrons. The van der Waals surface area contributed by atoms with Crippen molar-refractivity contribution in [2.24, 2.45) is 11.3 Å². The first-order valence-corrected chi connectivity index (χ1v) is 15.6. The van der Waals surface area contributed by atoms with Crippen molar-refractivity contribution < 1.29 is 32.0 Å². The highest BCUT2D eigenvalue weighted by atomic mass is 19.4. The molecule has 0 unspecified atom stereocenters. The molecule has 3 aromatic rings. The van der Waals surface area contributed by atoms with Gasteiger partial charge in [0.15, 0.2) is 23.1 Å². The molecule has 0 aliphatic heterocycles. The Bertz CT molecular complexity index is 1520. The second-order valence-electron chi connectivity index (χ2n) is 14.0. The lowest BCUT2D eigenvalue weighted by Gasteiger charge is -2.53. The van der Waals surface area contributed by atoms with Gasteiger partial charge in [0.2, 0.25) is 11.8 Å². The summed E-state index contributed by atoms with van der Waals surface area (Å²) < 4.78 is 52.2. The number of rotatable bonds is 8. The van der Waals surface area contributed by atoms with Crippen molar-refractivity contribution in [1.29, 1.82) is 0 Å². The predicted molar refractivity (Wildman–Crippen MR) is 148 cm³/mol. The molecular weight excluding hydrogens is 561 g/mol. The van der Waals surface area contributed by atoms with Crippen molar-refractivity contribution in [2.75, 3.05) is 11.4 Å². The van der Waals surface area contributed by atoms with Crippen molar-refractivity contribution in [3.63, 3.8) is 0 Å².